The molecule has 29 heavy (non-hydrogen) atoms. The van der Waals surface area contributed by atoms with Crippen LogP contribution in [0, 0.1) is 12.7 Å². The Balaban J connectivity index is 2.20. The molecule has 0 aliphatic carbocycles. The maximum Gasteiger partial charge on any atom is 0.261 e. The summed E-state index contributed by atoms with van der Waals surface area (Å²) in [5.41, 5.74) is 2.39. The number of hydrogen-bond donors (Lipinski definition) is 1. The summed E-state index contributed by atoms with van der Waals surface area (Å²) in [6.45, 7) is 9.48. The number of benzene rings is 1. The molecule has 0 amide bonds. The molecule has 3 aromatic rings. The lowest BCUT2D eigenvalue weighted by Gasteiger charge is -2.27. The van der Waals surface area contributed by atoms with Crippen LogP contribution in [0.15, 0.2) is 35.3 Å². The van der Waals surface area contributed by atoms with Gasteiger partial charge in [0, 0.05) is 24.0 Å². The second-order valence-corrected chi connectivity index (χ2v) is 10.1. The Hall–Kier alpha value is -2.29. The third kappa shape index (κ3) is 4.34. The fourth-order valence-corrected chi connectivity index (χ4v) is 3.82. The van der Waals surface area contributed by atoms with Crippen LogP contribution < -0.4 is 10.3 Å². The molecule has 0 bridgehead atoms. The third-order valence-electron chi connectivity index (χ3n) is 4.62. The molecule has 0 aliphatic heterocycles. The van der Waals surface area contributed by atoms with Gasteiger partial charge in [0.1, 0.15) is 16.3 Å². The van der Waals surface area contributed by atoms with E-state index in [0.29, 0.717) is 22.4 Å². The van der Waals surface area contributed by atoms with Gasteiger partial charge in [-0.3, -0.25) is 9.36 Å². The minimum Gasteiger partial charge on any atom is -0.598 e. The highest BCUT2D eigenvalue weighted by Gasteiger charge is 2.29. The minimum atomic E-state index is -1.29. The quantitative estimate of drug-likeness (QED) is 0.658. The Morgan fingerprint density at radius 1 is 1.28 bits per heavy atom. The van der Waals surface area contributed by atoms with E-state index >= 15 is 0 Å². The first-order chi connectivity index (χ1) is 13.5. The first-order valence-corrected chi connectivity index (χ1v) is 10.5. The maximum absolute atomic E-state index is 13.3. The van der Waals surface area contributed by atoms with Crippen molar-refractivity contribution in [3.05, 3.63) is 57.8 Å². The van der Waals surface area contributed by atoms with Crippen molar-refractivity contribution in [3.63, 3.8) is 0 Å². The topological polar surface area (TPSA) is 82.9 Å². The van der Waals surface area contributed by atoms with Crippen LogP contribution in [-0.2, 0) is 18.4 Å². The van der Waals surface area contributed by atoms with E-state index < -0.39 is 21.9 Å². The van der Waals surface area contributed by atoms with Gasteiger partial charge in [-0.1, -0.05) is 6.07 Å². The van der Waals surface area contributed by atoms with Crippen molar-refractivity contribution in [2.75, 3.05) is 0 Å². The van der Waals surface area contributed by atoms with E-state index in [1.54, 1.807) is 13.1 Å². The van der Waals surface area contributed by atoms with Crippen molar-refractivity contribution >= 4 is 22.3 Å². The number of aromatic nitrogens is 3. The molecular weight excluding hydrogens is 391 g/mol. The number of rotatable bonds is 4. The molecule has 0 radical (unpaired) electrons. The van der Waals surface area contributed by atoms with Gasteiger partial charge in [-0.2, -0.15) is 0 Å². The lowest BCUT2D eigenvalue weighted by atomic mass is 10.0. The average molecular weight is 417 g/mol. The van der Waals surface area contributed by atoms with Crippen molar-refractivity contribution in [2.24, 2.45) is 7.05 Å². The second-order valence-electron chi connectivity index (χ2n) is 8.13. The van der Waals surface area contributed by atoms with Gasteiger partial charge in [-0.25, -0.2) is 14.4 Å². The fraction of sp³-hybridized carbons (Fsp3) is 0.381. The zero-order valence-corrected chi connectivity index (χ0v) is 18.2. The Kier molecular flexibility index (Phi) is 5.80. The van der Waals surface area contributed by atoms with E-state index in [0.717, 1.165) is 17.3 Å². The zero-order chi connectivity index (χ0) is 21.5. The van der Waals surface area contributed by atoms with Crippen LogP contribution in [0.2, 0.25) is 0 Å². The van der Waals surface area contributed by atoms with E-state index in [4.69, 9.17) is 4.98 Å². The highest BCUT2D eigenvalue weighted by molar-refractivity contribution is 7.90. The molecule has 0 saturated heterocycles. The van der Waals surface area contributed by atoms with E-state index in [2.05, 4.69) is 9.71 Å². The molecule has 0 spiro atoms. The SMILES string of the molecule is Cc1cc(C(C)N[S+]([O-])C(C)(C)C)c2nc(-c3ccc(F)cn3)n(C)c(=O)c2c1. The predicted octanol–water partition coefficient (Wildman–Crippen LogP) is 3.56. The van der Waals surface area contributed by atoms with E-state index in [9.17, 15) is 13.7 Å². The molecule has 8 heteroatoms. The summed E-state index contributed by atoms with van der Waals surface area (Å²) in [6.07, 6.45) is 1.10. The molecule has 2 atom stereocenters. The molecule has 1 aromatic carbocycles. The van der Waals surface area contributed by atoms with Crippen LogP contribution in [0.1, 0.15) is 44.9 Å². The van der Waals surface area contributed by atoms with Gasteiger partial charge in [0.15, 0.2) is 5.82 Å². The molecule has 6 nitrogen and oxygen atoms in total. The Bertz CT molecular complexity index is 1110. The lowest BCUT2D eigenvalue weighted by molar-refractivity contribution is 0.531. The van der Waals surface area contributed by atoms with Crippen LogP contribution >= 0.6 is 0 Å². The van der Waals surface area contributed by atoms with E-state index in [1.807, 2.05) is 40.7 Å². The summed E-state index contributed by atoms with van der Waals surface area (Å²) in [5.74, 6) is -0.116. The van der Waals surface area contributed by atoms with Gasteiger partial charge in [0.25, 0.3) is 5.56 Å². The number of hydrogen-bond acceptors (Lipinski definition) is 5. The summed E-state index contributed by atoms with van der Waals surface area (Å²) >= 11 is -1.29. The van der Waals surface area contributed by atoms with Crippen molar-refractivity contribution in [2.45, 2.75) is 45.4 Å². The summed E-state index contributed by atoms with van der Waals surface area (Å²) < 4.78 is 30.0. The summed E-state index contributed by atoms with van der Waals surface area (Å²) in [7, 11) is 1.62. The number of halogens is 1. The monoisotopic (exact) mass is 416 g/mol. The van der Waals surface area contributed by atoms with Gasteiger partial charge in [-0.05, 0) is 58.4 Å². The zero-order valence-electron chi connectivity index (χ0n) is 17.4. The largest absolute Gasteiger partial charge is 0.598 e. The number of nitrogens with zero attached hydrogens (tertiary/aromatic N) is 3. The first kappa shape index (κ1) is 21.4. The van der Waals surface area contributed by atoms with Crippen LogP contribution in [0.5, 0.6) is 0 Å². The van der Waals surface area contributed by atoms with Gasteiger partial charge < -0.3 is 4.55 Å². The number of nitrogens with one attached hydrogen (secondary N) is 1. The number of fused-ring (bicyclic) bond motifs is 1. The van der Waals surface area contributed by atoms with E-state index in [-0.39, 0.29) is 11.6 Å². The highest BCUT2D eigenvalue weighted by Crippen LogP contribution is 2.27. The van der Waals surface area contributed by atoms with Crippen LogP contribution in [0.25, 0.3) is 22.4 Å². The van der Waals surface area contributed by atoms with Gasteiger partial charge in [-0.15, -0.1) is 4.72 Å². The number of aryl methyl sites for hydroxylation is 1. The van der Waals surface area contributed by atoms with Crippen molar-refractivity contribution in [1.82, 2.24) is 19.3 Å². The molecule has 154 valence electrons. The van der Waals surface area contributed by atoms with Crippen LogP contribution in [0.4, 0.5) is 4.39 Å². The first-order valence-electron chi connectivity index (χ1n) is 9.30. The molecule has 2 aromatic heterocycles. The molecular formula is C21H25FN4O2S. The standard InChI is InChI=1S/C21H25FN4O2S/c1-12-9-15(13(2)25-29(28)21(3,4)5)18-16(10-12)20(27)26(6)19(24-18)17-8-7-14(22)11-23-17/h7-11,13,25H,1-6H3. The highest BCUT2D eigenvalue weighted by atomic mass is 32.2. The Morgan fingerprint density at radius 3 is 2.55 bits per heavy atom. The van der Waals surface area contributed by atoms with Crippen molar-refractivity contribution in [3.8, 4) is 11.5 Å². The molecule has 0 fully saturated rings. The molecule has 0 aliphatic rings. The van der Waals surface area contributed by atoms with Gasteiger partial charge in [0.05, 0.1) is 23.1 Å². The third-order valence-corrected chi connectivity index (χ3v) is 6.30. The summed E-state index contributed by atoms with van der Waals surface area (Å²) in [5, 5.41) is 0.476. The molecule has 2 heterocycles. The van der Waals surface area contributed by atoms with Crippen molar-refractivity contribution in [1.29, 1.82) is 0 Å². The fourth-order valence-electron chi connectivity index (χ4n) is 3.02. The molecule has 0 saturated carbocycles. The van der Waals surface area contributed by atoms with Crippen molar-refractivity contribution < 1.29 is 8.94 Å². The predicted molar refractivity (Wildman–Crippen MR) is 114 cm³/mol. The minimum absolute atomic E-state index is 0.217. The summed E-state index contributed by atoms with van der Waals surface area (Å²) in [4.78, 5) is 21.8. The van der Waals surface area contributed by atoms with E-state index in [1.165, 1.54) is 16.7 Å². The molecule has 1 N–H and O–H groups in total. The van der Waals surface area contributed by atoms with Crippen LogP contribution in [-0.4, -0.2) is 23.8 Å². The Morgan fingerprint density at radius 2 is 1.97 bits per heavy atom. The summed E-state index contributed by atoms with van der Waals surface area (Å²) in [6, 6.07) is 6.21. The average Bonchev–Trinajstić information content (AvgIpc) is 2.64. The van der Waals surface area contributed by atoms with Gasteiger partial charge >= 0.3 is 0 Å². The second kappa shape index (κ2) is 7.85. The van der Waals surface area contributed by atoms with Crippen LogP contribution in [0.3, 0.4) is 0 Å². The smallest absolute Gasteiger partial charge is 0.261 e. The lowest BCUT2D eigenvalue weighted by Crippen LogP contribution is -2.40. The number of pyridine rings is 1. The maximum atomic E-state index is 13.3. The Labute approximate surface area is 172 Å². The molecule has 3 rings (SSSR count). The van der Waals surface area contributed by atoms with Gasteiger partial charge in [0.2, 0.25) is 0 Å². The normalized spacial score (nSPS) is 14.2. The molecule has 2 unspecified atom stereocenters.